The van der Waals surface area contributed by atoms with Gasteiger partial charge in [-0.1, -0.05) is 17.7 Å². The van der Waals surface area contributed by atoms with Crippen LogP contribution in [-0.4, -0.2) is 78.7 Å². The Hall–Kier alpha value is -4.32. The molecule has 1 aliphatic rings. The van der Waals surface area contributed by atoms with Crippen LogP contribution in [0.1, 0.15) is 18.5 Å². The second-order valence-corrected chi connectivity index (χ2v) is 9.42. The number of anilines is 2. The molecule has 4 heterocycles. The lowest BCUT2D eigenvalue weighted by molar-refractivity contribution is 0.156. The van der Waals surface area contributed by atoms with Gasteiger partial charge in [-0.2, -0.15) is 9.61 Å². The third-order valence-corrected chi connectivity index (χ3v) is 6.28. The average Bonchev–Trinajstić information content (AvgIpc) is 3.41. The Balaban J connectivity index is 1.56. The van der Waals surface area contributed by atoms with Crippen molar-refractivity contribution < 1.29 is 9.90 Å². The minimum Gasteiger partial charge on any atom is -0.493 e. The number of nitrogens with one attached hydrogen (secondary N) is 3. The van der Waals surface area contributed by atoms with E-state index >= 15 is 0 Å². The molecule has 0 bridgehead atoms. The summed E-state index contributed by atoms with van der Waals surface area (Å²) in [6.45, 7) is 1.23. The lowest BCUT2D eigenvalue weighted by Crippen LogP contribution is -2.45. The van der Waals surface area contributed by atoms with Gasteiger partial charge in [0.15, 0.2) is 11.1 Å². The summed E-state index contributed by atoms with van der Waals surface area (Å²) in [6, 6.07) is 9.07. The van der Waals surface area contributed by atoms with Gasteiger partial charge in [0.25, 0.3) is 0 Å². The zero-order valence-electron chi connectivity index (χ0n) is 20.3. The van der Waals surface area contributed by atoms with Crippen LogP contribution in [0, 0.1) is 0 Å². The molecule has 3 aromatic heterocycles. The summed E-state index contributed by atoms with van der Waals surface area (Å²) in [5, 5.41) is 18.9. The highest BCUT2D eigenvalue weighted by atomic mass is 35.5. The number of carbonyl (C=O) groups excluding carboxylic acids is 1. The molecule has 0 saturated carbocycles. The number of nitrogens with zero attached hydrogens (tertiary/aromatic N) is 6. The van der Waals surface area contributed by atoms with Crippen molar-refractivity contribution >= 4 is 40.9 Å². The number of amides is 2. The summed E-state index contributed by atoms with van der Waals surface area (Å²) in [7, 11) is 3.49. The number of urea groups is 1. The molecule has 0 radical (unpaired) electrons. The quantitative estimate of drug-likeness (QED) is 0.318. The van der Waals surface area contributed by atoms with Gasteiger partial charge in [-0.3, -0.25) is 9.98 Å². The predicted octanol–water partition coefficient (Wildman–Crippen LogP) is 1.44. The first-order valence-electron chi connectivity index (χ1n) is 11.7. The van der Waals surface area contributed by atoms with Crippen LogP contribution in [0.3, 0.4) is 0 Å². The molecule has 2 amide bonds. The molecule has 13 heteroatoms. The van der Waals surface area contributed by atoms with Crippen LogP contribution in [0.4, 0.5) is 16.3 Å². The molecule has 12 nitrogen and oxygen atoms in total. The van der Waals surface area contributed by atoms with Crippen molar-refractivity contribution in [3.8, 4) is 5.88 Å². The predicted molar refractivity (Wildman–Crippen MR) is 139 cm³/mol. The Morgan fingerprint density at radius 3 is 2.73 bits per heavy atom. The summed E-state index contributed by atoms with van der Waals surface area (Å²) in [6.07, 6.45) is 4.62. The Morgan fingerprint density at radius 2 is 2.05 bits per heavy atom. The molecule has 1 aliphatic heterocycles. The van der Waals surface area contributed by atoms with Gasteiger partial charge in [0, 0.05) is 49.2 Å². The van der Waals surface area contributed by atoms with E-state index in [9.17, 15) is 14.7 Å². The van der Waals surface area contributed by atoms with E-state index in [2.05, 4.69) is 20.4 Å². The molecule has 1 fully saturated rings. The van der Waals surface area contributed by atoms with Gasteiger partial charge in [0.05, 0.1) is 12.2 Å². The van der Waals surface area contributed by atoms with Crippen molar-refractivity contribution in [3.05, 3.63) is 68.4 Å². The number of aromatic nitrogens is 5. The number of halogens is 1. The van der Waals surface area contributed by atoms with Crippen LogP contribution in [0.25, 0.3) is 11.7 Å². The summed E-state index contributed by atoms with van der Waals surface area (Å²) in [5.74, 6) is 0.247. The highest BCUT2D eigenvalue weighted by Gasteiger charge is 2.23. The molecule has 1 aromatic carbocycles. The number of likely N-dealkylation sites (tertiary alicyclic amines) is 1. The molecule has 1 saturated heterocycles. The first-order valence-corrected chi connectivity index (χ1v) is 12.1. The van der Waals surface area contributed by atoms with Gasteiger partial charge >= 0.3 is 11.7 Å². The van der Waals surface area contributed by atoms with Gasteiger partial charge < -0.3 is 25.2 Å². The third kappa shape index (κ3) is 5.28. The van der Waals surface area contributed by atoms with Gasteiger partial charge in [-0.15, -0.1) is 0 Å². The molecule has 37 heavy (non-hydrogen) atoms. The molecular formula is C24H26ClN9O3. The van der Waals surface area contributed by atoms with Gasteiger partial charge in [0.2, 0.25) is 5.88 Å². The number of aromatic amines is 2. The number of hydrogen-bond donors (Lipinski definition) is 4. The number of rotatable bonds is 4. The van der Waals surface area contributed by atoms with Crippen molar-refractivity contribution in [1.29, 1.82) is 0 Å². The van der Waals surface area contributed by atoms with E-state index in [1.807, 2.05) is 17.0 Å². The van der Waals surface area contributed by atoms with E-state index in [4.69, 9.17) is 21.6 Å². The lowest BCUT2D eigenvalue weighted by atomic mass is 10.1. The fraction of sp³-hybridized carbons (Fsp3) is 0.292. The number of piperidine rings is 1. The number of benzene rings is 1. The molecule has 0 atom stereocenters. The SMILES string of the molecule is CN(C)C(=O)N1CCC(N=c2cc(Nc3cccc(Cl)c3)nc3/c(=C\c4[nH]c(=O)[nH]c4O)cnn23)CC1. The van der Waals surface area contributed by atoms with Crippen LogP contribution < -0.4 is 21.7 Å². The normalized spacial score (nSPS) is 15.5. The van der Waals surface area contributed by atoms with E-state index in [-0.39, 0.29) is 23.6 Å². The maximum absolute atomic E-state index is 12.3. The second kappa shape index (κ2) is 9.97. The number of H-pyrrole nitrogens is 2. The molecule has 192 valence electrons. The molecule has 4 N–H and O–H groups in total. The minimum absolute atomic E-state index is 0.00228. The zero-order valence-corrected chi connectivity index (χ0v) is 21.0. The first kappa shape index (κ1) is 24.4. The smallest absolute Gasteiger partial charge is 0.326 e. The Morgan fingerprint density at radius 1 is 1.27 bits per heavy atom. The highest BCUT2D eigenvalue weighted by Crippen LogP contribution is 2.19. The average molecular weight is 524 g/mol. The van der Waals surface area contributed by atoms with Crippen molar-refractivity contribution in [2.75, 3.05) is 32.5 Å². The van der Waals surface area contributed by atoms with Crippen molar-refractivity contribution in [2.24, 2.45) is 4.99 Å². The van der Waals surface area contributed by atoms with Crippen LogP contribution in [-0.2, 0) is 0 Å². The molecule has 0 aliphatic carbocycles. The van der Waals surface area contributed by atoms with E-state index in [0.29, 0.717) is 40.3 Å². The molecule has 4 aromatic rings. The van der Waals surface area contributed by atoms with Gasteiger partial charge in [0.1, 0.15) is 11.5 Å². The highest BCUT2D eigenvalue weighted by molar-refractivity contribution is 6.30. The standard InChI is InChI=1S/C24H26ClN9O3/c1-32(2)24(37)33-8-6-16(7-9-33)28-20-12-19(27-17-5-3-4-15(25)11-17)30-21-14(13-26-34(20)21)10-18-22(35)31-23(36)29-18/h3-5,10-13,16,27,35H,6-9H2,1-2H3,(H2,29,31,36)/b14-10-,28-20?. The fourth-order valence-electron chi connectivity index (χ4n) is 4.24. The zero-order chi connectivity index (χ0) is 26.1. The number of hydrogen-bond acceptors (Lipinski definition) is 7. The summed E-state index contributed by atoms with van der Waals surface area (Å²) in [4.78, 5) is 41.8. The maximum atomic E-state index is 12.3. The second-order valence-electron chi connectivity index (χ2n) is 8.98. The minimum atomic E-state index is -0.522. The van der Waals surface area contributed by atoms with E-state index in [1.165, 1.54) is 0 Å². The van der Waals surface area contributed by atoms with E-state index in [1.54, 1.807) is 54.0 Å². The largest absolute Gasteiger partial charge is 0.493 e. The van der Waals surface area contributed by atoms with Crippen LogP contribution in [0.5, 0.6) is 5.88 Å². The molecule has 5 rings (SSSR count). The van der Waals surface area contributed by atoms with Crippen molar-refractivity contribution in [3.63, 3.8) is 0 Å². The summed E-state index contributed by atoms with van der Waals surface area (Å²) < 4.78 is 1.62. The van der Waals surface area contributed by atoms with E-state index < -0.39 is 5.69 Å². The van der Waals surface area contributed by atoms with E-state index in [0.717, 1.165) is 18.5 Å². The van der Waals surface area contributed by atoms with Crippen LogP contribution >= 0.6 is 11.6 Å². The monoisotopic (exact) mass is 523 g/mol. The van der Waals surface area contributed by atoms with Gasteiger partial charge in [-0.05, 0) is 37.1 Å². The Bertz CT molecular complexity index is 1630. The number of fused-ring (bicyclic) bond motifs is 1. The molecular weight excluding hydrogens is 498 g/mol. The van der Waals surface area contributed by atoms with Crippen molar-refractivity contribution in [1.82, 2.24) is 34.4 Å². The molecule has 0 spiro atoms. The number of aromatic hydroxyl groups is 1. The topological polar surface area (TPSA) is 147 Å². The summed E-state index contributed by atoms with van der Waals surface area (Å²) >= 11 is 6.15. The van der Waals surface area contributed by atoms with Crippen molar-refractivity contribution in [2.45, 2.75) is 18.9 Å². The number of imidazole rings is 1. The number of carbonyl (C=O) groups is 1. The lowest BCUT2D eigenvalue weighted by Gasteiger charge is -2.32. The third-order valence-electron chi connectivity index (χ3n) is 6.04. The van der Waals surface area contributed by atoms with Gasteiger partial charge in [-0.25, -0.2) is 14.6 Å². The Labute approximate surface area is 215 Å². The Kier molecular flexibility index (Phi) is 6.57. The molecule has 0 unspecified atom stereocenters. The maximum Gasteiger partial charge on any atom is 0.326 e. The van der Waals surface area contributed by atoms with Crippen LogP contribution in [0.15, 0.2) is 46.3 Å². The first-order chi connectivity index (χ1) is 17.8. The van der Waals surface area contributed by atoms with Crippen LogP contribution in [0.2, 0.25) is 5.02 Å². The summed E-state index contributed by atoms with van der Waals surface area (Å²) in [5.41, 5.74) is 1.51. The fourth-order valence-corrected chi connectivity index (χ4v) is 4.43.